The second kappa shape index (κ2) is 9.71. The fourth-order valence-corrected chi connectivity index (χ4v) is 5.06. The first-order valence-electron chi connectivity index (χ1n) is 11.0. The molecular formula is C22H26F2N6O3S. The Kier molecular flexibility index (Phi) is 6.89. The number of nitrogens with zero attached hydrogens (tertiary/aromatic N) is 5. The molecule has 34 heavy (non-hydrogen) atoms. The molecule has 12 heteroatoms. The molecule has 0 spiro atoms. The van der Waals surface area contributed by atoms with Crippen molar-refractivity contribution in [3.05, 3.63) is 59.4 Å². The van der Waals surface area contributed by atoms with Crippen molar-refractivity contribution in [2.75, 3.05) is 17.9 Å². The fraction of sp³-hybridized carbons (Fsp3) is 0.455. The number of hydrogen-bond donors (Lipinski definition) is 1. The van der Waals surface area contributed by atoms with Crippen molar-refractivity contribution >= 4 is 16.0 Å². The lowest BCUT2D eigenvalue weighted by molar-refractivity contribution is 0.0775. The molecule has 1 saturated heterocycles. The first-order valence-corrected chi connectivity index (χ1v) is 12.5. The third kappa shape index (κ3) is 4.78. The van der Waals surface area contributed by atoms with E-state index in [0.717, 1.165) is 28.7 Å². The molecule has 3 heterocycles. The zero-order chi connectivity index (χ0) is 24.5. The molecule has 1 N–H and O–H groups in total. The van der Waals surface area contributed by atoms with Crippen LogP contribution in [0.15, 0.2) is 30.6 Å². The van der Waals surface area contributed by atoms with Crippen molar-refractivity contribution in [3.8, 4) is 5.69 Å². The summed E-state index contributed by atoms with van der Waals surface area (Å²) in [7, 11) is -4.07. The maximum Gasteiger partial charge on any atom is 0.243 e. The van der Waals surface area contributed by atoms with Crippen LogP contribution in [0.1, 0.15) is 55.7 Å². The molecule has 1 aliphatic rings. The number of benzene rings is 1. The number of anilines is 1. The second-order valence-electron chi connectivity index (χ2n) is 8.46. The molecule has 1 aliphatic heterocycles. The van der Waals surface area contributed by atoms with E-state index in [1.807, 2.05) is 6.92 Å². The van der Waals surface area contributed by atoms with Crippen LogP contribution in [-0.4, -0.2) is 51.6 Å². The summed E-state index contributed by atoms with van der Waals surface area (Å²) in [5.41, 5.74) is 0.400. The van der Waals surface area contributed by atoms with Crippen LogP contribution in [0.2, 0.25) is 0 Å². The highest BCUT2D eigenvalue weighted by atomic mass is 32.2. The molecule has 0 radical (unpaired) electrons. The molecule has 0 amide bonds. The van der Waals surface area contributed by atoms with E-state index in [9.17, 15) is 17.2 Å². The van der Waals surface area contributed by atoms with E-state index in [1.54, 1.807) is 19.3 Å². The molecule has 3 aromatic rings. The minimum absolute atomic E-state index is 0.226. The van der Waals surface area contributed by atoms with Gasteiger partial charge >= 0.3 is 0 Å². The zero-order valence-corrected chi connectivity index (χ0v) is 19.9. The van der Waals surface area contributed by atoms with E-state index >= 15 is 0 Å². The van der Waals surface area contributed by atoms with Gasteiger partial charge in [-0.1, -0.05) is 13.0 Å². The molecule has 3 atom stereocenters. The minimum atomic E-state index is -4.07. The summed E-state index contributed by atoms with van der Waals surface area (Å²) < 4.78 is 65.1. The maximum absolute atomic E-state index is 14.8. The second-order valence-corrected chi connectivity index (χ2v) is 10.5. The molecule has 1 fully saturated rings. The van der Waals surface area contributed by atoms with E-state index in [0.29, 0.717) is 25.5 Å². The molecule has 2 aromatic heterocycles. The molecule has 182 valence electrons. The van der Waals surface area contributed by atoms with Gasteiger partial charge in [0.2, 0.25) is 16.0 Å². The number of hydrogen-bond acceptors (Lipinski definition) is 7. The van der Waals surface area contributed by atoms with Gasteiger partial charge in [-0.3, -0.25) is 9.29 Å². The van der Waals surface area contributed by atoms with Gasteiger partial charge in [0.15, 0.2) is 0 Å². The zero-order valence-electron chi connectivity index (χ0n) is 19.1. The molecule has 0 saturated carbocycles. The summed E-state index contributed by atoms with van der Waals surface area (Å²) in [5, 5.41) is 7.09. The van der Waals surface area contributed by atoms with Crippen LogP contribution in [0.25, 0.3) is 5.69 Å². The number of nitrogens with one attached hydrogen (secondary N) is 1. The first kappa shape index (κ1) is 24.1. The van der Waals surface area contributed by atoms with E-state index < -0.39 is 38.5 Å². The van der Waals surface area contributed by atoms with E-state index in [2.05, 4.69) is 24.9 Å². The van der Waals surface area contributed by atoms with E-state index in [4.69, 9.17) is 4.74 Å². The average molecular weight is 493 g/mol. The Bertz CT molecular complexity index is 1240. The number of ether oxygens (including phenoxy) is 1. The Morgan fingerprint density at radius 2 is 1.82 bits per heavy atom. The minimum Gasteiger partial charge on any atom is -0.381 e. The standard InChI is InChI=1S/C22H26F2N6O3S/c1-13-10-25-20(26-11-13)14(2)15(3)34(31,32)29-22-28-27-21(16-6-5-9-33-12-16)30(22)19-17(23)7-4-8-18(19)24/h4,7-8,10-11,14-16H,5-6,9,12H2,1-3H3,(H,28,29)/t14-,15-,16-/m0/s1. The highest BCUT2D eigenvalue weighted by Gasteiger charge is 2.33. The van der Waals surface area contributed by atoms with Crippen molar-refractivity contribution in [1.82, 2.24) is 24.7 Å². The number of aryl methyl sites for hydroxylation is 1. The number of sulfonamides is 1. The normalized spacial score (nSPS) is 18.4. The van der Waals surface area contributed by atoms with Crippen LogP contribution in [-0.2, 0) is 14.8 Å². The average Bonchev–Trinajstić information content (AvgIpc) is 3.21. The monoisotopic (exact) mass is 492 g/mol. The van der Waals surface area contributed by atoms with Gasteiger partial charge in [0, 0.05) is 30.8 Å². The molecule has 1 aromatic carbocycles. The van der Waals surface area contributed by atoms with Gasteiger partial charge in [-0.05, 0) is 44.4 Å². The van der Waals surface area contributed by atoms with Gasteiger partial charge in [-0.15, -0.1) is 10.2 Å². The van der Waals surface area contributed by atoms with Crippen molar-refractivity contribution < 1.29 is 21.9 Å². The maximum atomic E-state index is 14.8. The molecule has 0 aliphatic carbocycles. The number of para-hydroxylation sites is 1. The predicted molar refractivity (Wildman–Crippen MR) is 121 cm³/mol. The highest BCUT2D eigenvalue weighted by molar-refractivity contribution is 7.93. The third-order valence-electron chi connectivity index (χ3n) is 6.01. The Balaban J connectivity index is 1.72. The number of aromatic nitrogens is 5. The van der Waals surface area contributed by atoms with Crippen LogP contribution < -0.4 is 4.72 Å². The Hall–Kier alpha value is -2.99. The number of halogens is 2. The van der Waals surface area contributed by atoms with Gasteiger partial charge in [0.1, 0.15) is 29.0 Å². The molecule has 9 nitrogen and oxygen atoms in total. The summed E-state index contributed by atoms with van der Waals surface area (Å²) in [6.07, 6.45) is 4.63. The third-order valence-corrected chi connectivity index (χ3v) is 7.86. The first-order chi connectivity index (χ1) is 16.2. The van der Waals surface area contributed by atoms with Gasteiger partial charge in [-0.2, -0.15) is 0 Å². The fourth-order valence-electron chi connectivity index (χ4n) is 3.83. The van der Waals surface area contributed by atoms with Crippen molar-refractivity contribution in [1.29, 1.82) is 0 Å². The van der Waals surface area contributed by atoms with Gasteiger partial charge in [-0.25, -0.2) is 27.2 Å². The van der Waals surface area contributed by atoms with Crippen LogP contribution in [0.5, 0.6) is 0 Å². The lowest BCUT2D eigenvalue weighted by atomic mass is 10.0. The SMILES string of the molecule is Cc1cnc([C@@H](C)[C@H](C)S(=O)(=O)Nc2nnc([C@H]3CCCOC3)n2-c2c(F)cccc2F)nc1. The molecular weight excluding hydrogens is 466 g/mol. The lowest BCUT2D eigenvalue weighted by Gasteiger charge is -2.23. The Morgan fingerprint density at radius 1 is 1.15 bits per heavy atom. The van der Waals surface area contributed by atoms with Gasteiger partial charge in [0.05, 0.1) is 11.9 Å². The van der Waals surface area contributed by atoms with E-state index in [-0.39, 0.29) is 17.7 Å². The summed E-state index contributed by atoms with van der Waals surface area (Å²) in [6, 6.07) is 3.42. The van der Waals surface area contributed by atoms with Crippen LogP contribution >= 0.6 is 0 Å². The van der Waals surface area contributed by atoms with Crippen LogP contribution in [0, 0.1) is 18.6 Å². The van der Waals surface area contributed by atoms with E-state index in [1.165, 1.54) is 13.0 Å². The van der Waals surface area contributed by atoms with Crippen LogP contribution in [0.3, 0.4) is 0 Å². The molecule has 0 unspecified atom stereocenters. The summed E-state index contributed by atoms with van der Waals surface area (Å²) in [6.45, 7) is 5.91. The smallest absolute Gasteiger partial charge is 0.243 e. The highest BCUT2D eigenvalue weighted by Crippen LogP contribution is 2.32. The summed E-state index contributed by atoms with van der Waals surface area (Å²) in [4.78, 5) is 8.45. The predicted octanol–water partition coefficient (Wildman–Crippen LogP) is 3.47. The van der Waals surface area contributed by atoms with Crippen LogP contribution in [0.4, 0.5) is 14.7 Å². The Labute approximate surface area is 196 Å². The van der Waals surface area contributed by atoms with Gasteiger partial charge < -0.3 is 4.74 Å². The van der Waals surface area contributed by atoms with Crippen molar-refractivity contribution in [2.24, 2.45) is 0 Å². The Morgan fingerprint density at radius 3 is 2.44 bits per heavy atom. The summed E-state index contributed by atoms with van der Waals surface area (Å²) >= 11 is 0. The largest absolute Gasteiger partial charge is 0.381 e. The lowest BCUT2D eigenvalue weighted by Crippen LogP contribution is -2.32. The quantitative estimate of drug-likeness (QED) is 0.537. The molecule has 4 rings (SSSR count). The number of rotatable bonds is 7. The van der Waals surface area contributed by atoms with Crippen molar-refractivity contribution in [2.45, 2.75) is 50.7 Å². The van der Waals surface area contributed by atoms with Gasteiger partial charge in [0.25, 0.3) is 0 Å². The van der Waals surface area contributed by atoms with Crippen molar-refractivity contribution in [3.63, 3.8) is 0 Å². The topological polar surface area (TPSA) is 112 Å². The summed E-state index contributed by atoms with van der Waals surface area (Å²) in [5.74, 6) is -2.30. The molecule has 0 bridgehead atoms.